The van der Waals surface area contributed by atoms with Gasteiger partial charge in [0.2, 0.25) is 0 Å². The quantitative estimate of drug-likeness (QED) is 0.468. The average Bonchev–Trinajstić information content (AvgIpc) is 2.98. The second-order valence-electron chi connectivity index (χ2n) is 5.46. The van der Waals surface area contributed by atoms with Crippen molar-refractivity contribution in [3.8, 4) is 22.6 Å². The van der Waals surface area contributed by atoms with Gasteiger partial charge in [-0.15, -0.1) is 0 Å². The Balaban J connectivity index is 2.06. The van der Waals surface area contributed by atoms with Crippen molar-refractivity contribution in [3.63, 3.8) is 0 Å². The van der Waals surface area contributed by atoms with E-state index in [4.69, 9.17) is 9.97 Å². The highest BCUT2D eigenvalue weighted by molar-refractivity contribution is 6.02. The minimum atomic E-state index is 0.762. The highest BCUT2D eigenvalue weighted by atomic mass is 15.0. The molecule has 1 aromatic heterocycles. The molecule has 0 fully saturated rings. The predicted octanol–water partition coefficient (Wildman–Crippen LogP) is 4.05. The van der Waals surface area contributed by atoms with Crippen LogP contribution in [0.1, 0.15) is 0 Å². The van der Waals surface area contributed by atoms with Crippen LogP contribution in [0.3, 0.4) is 0 Å². The maximum absolute atomic E-state index is 4.70. The number of rotatable bonds is 1. The SMILES string of the molecule is c1ccc(-c2c3c4ccccc4nc-3nc3cnccn23)cc1. The van der Waals surface area contributed by atoms with Crippen molar-refractivity contribution in [2.24, 2.45) is 0 Å². The summed E-state index contributed by atoms with van der Waals surface area (Å²) in [5.74, 6) is 0.762. The number of nitrogens with zero attached hydrogens (tertiary/aromatic N) is 4. The summed E-state index contributed by atoms with van der Waals surface area (Å²) in [7, 11) is 0. The summed E-state index contributed by atoms with van der Waals surface area (Å²) in [5.41, 5.74) is 5.08. The lowest BCUT2D eigenvalue weighted by atomic mass is 10.0. The maximum Gasteiger partial charge on any atom is 0.165 e. The number of fused-ring (bicyclic) bond motifs is 4. The summed E-state index contributed by atoms with van der Waals surface area (Å²) < 4.78 is 2.08. The smallest absolute Gasteiger partial charge is 0.165 e. The van der Waals surface area contributed by atoms with Gasteiger partial charge in [-0.1, -0.05) is 48.5 Å². The molecule has 2 aromatic carbocycles. The normalized spacial score (nSPS) is 11.5. The average molecular weight is 296 g/mol. The van der Waals surface area contributed by atoms with Gasteiger partial charge in [0.25, 0.3) is 0 Å². The number of aromatic nitrogens is 4. The molecule has 2 aliphatic heterocycles. The van der Waals surface area contributed by atoms with E-state index in [1.165, 1.54) is 0 Å². The molecular weight excluding hydrogens is 284 g/mol. The van der Waals surface area contributed by atoms with Crippen LogP contribution in [0.25, 0.3) is 39.2 Å². The van der Waals surface area contributed by atoms with Gasteiger partial charge in [0.1, 0.15) is 0 Å². The van der Waals surface area contributed by atoms with Crippen LogP contribution in [-0.2, 0) is 0 Å². The summed E-state index contributed by atoms with van der Waals surface area (Å²) in [6, 6.07) is 18.5. The monoisotopic (exact) mass is 296 g/mol. The van der Waals surface area contributed by atoms with Gasteiger partial charge in [0, 0.05) is 17.8 Å². The third-order valence-corrected chi connectivity index (χ3v) is 4.11. The molecule has 2 aliphatic rings. The van der Waals surface area contributed by atoms with Gasteiger partial charge in [-0.25, -0.2) is 9.97 Å². The number of para-hydroxylation sites is 1. The Morgan fingerprint density at radius 3 is 2.57 bits per heavy atom. The largest absolute Gasteiger partial charge is 0.298 e. The molecule has 23 heavy (non-hydrogen) atoms. The first-order chi connectivity index (χ1) is 11.4. The molecule has 0 radical (unpaired) electrons. The highest BCUT2D eigenvalue weighted by Crippen LogP contribution is 2.38. The summed E-state index contributed by atoms with van der Waals surface area (Å²) in [5, 5.41) is 1.13. The van der Waals surface area contributed by atoms with E-state index >= 15 is 0 Å². The molecule has 0 amide bonds. The lowest BCUT2D eigenvalue weighted by Gasteiger charge is -2.13. The molecule has 0 atom stereocenters. The van der Waals surface area contributed by atoms with Gasteiger partial charge < -0.3 is 0 Å². The zero-order valence-corrected chi connectivity index (χ0v) is 12.2. The standard InChI is InChI=1S/C19H12N4/c1-2-6-13(7-3-1)18-17-14-8-4-5-9-15(14)21-19(17)22-16-12-20-10-11-23(16)18/h1-12H. The second-order valence-corrected chi connectivity index (χ2v) is 5.46. The molecule has 0 aliphatic carbocycles. The van der Waals surface area contributed by atoms with Crippen molar-refractivity contribution in [1.29, 1.82) is 0 Å². The van der Waals surface area contributed by atoms with Crippen molar-refractivity contribution in [1.82, 2.24) is 19.4 Å². The lowest BCUT2D eigenvalue weighted by molar-refractivity contribution is 1.06. The molecule has 0 saturated carbocycles. The molecule has 0 spiro atoms. The first-order valence-corrected chi connectivity index (χ1v) is 7.48. The van der Waals surface area contributed by atoms with Crippen molar-refractivity contribution >= 4 is 16.6 Å². The Morgan fingerprint density at radius 1 is 0.826 bits per heavy atom. The van der Waals surface area contributed by atoms with E-state index in [0.717, 1.165) is 39.2 Å². The molecule has 0 saturated heterocycles. The van der Waals surface area contributed by atoms with Gasteiger partial charge in [0.15, 0.2) is 11.5 Å². The van der Waals surface area contributed by atoms with Gasteiger partial charge in [-0.05, 0) is 11.6 Å². The van der Waals surface area contributed by atoms with Crippen LogP contribution in [0.4, 0.5) is 0 Å². The van der Waals surface area contributed by atoms with E-state index in [1.807, 2.05) is 42.6 Å². The summed E-state index contributed by atoms with van der Waals surface area (Å²) in [6.45, 7) is 0. The summed E-state index contributed by atoms with van der Waals surface area (Å²) >= 11 is 0. The topological polar surface area (TPSA) is 43.1 Å². The number of benzene rings is 2. The maximum atomic E-state index is 4.70. The molecule has 0 N–H and O–H groups in total. The van der Waals surface area contributed by atoms with Gasteiger partial charge in [-0.2, -0.15) is 0 Å². The molecule has 4 heteroatoms. The molecule has 3 heterocycles. The van der Waals surface area contributed by atoms with Crippen LogP contribution in [0.15, 0.2) is 73.2 Å². The van der Waals surface area contributed by atoms with Crippen LogP contribution < -0.4 is 0 Å². The first kappa shape index (κ1) is 12.3. The van der Waals surface area contributed by atoms with Gasteiger partial charge >= 0.3 is 0 Å². The predicted molar refractivity (Wildman–Crippen MR) is 90.3 cm³/mol. The molecule has 3 aromatic rings. The molecule has 0 unspecified atom stereocenters. The fourth-order valence-electron chi connectivity index (χ4n) is 3.12. The third-order valence-electron chi connectivity index (χ3n) is 4.11. The van der Waals surface area contributed by atoms with Gasteiger partial charge in [-0.3, -0.25) is 9.38 Å². The third kappa shape index (κ3) is 1.75. The zero-order valence-electron chi connectivity index (χ0n) is 12.2. The van der Waals surface area contributed by atoms with E-state index in [9.17, 15) is 0 Å². The van der Waals surface area contributed by atoms with Crippen LogP contribution >= 0.6 is 0 Å². The number of hydrogen-bond acceptors (Lipinski definition) is 3. The fourth-order valence-corrected chi connectivity index (χ4v) is 3.12. The van der Waals surface area contributed by atoms with E-state index in [2.05, 4.69) is 27.6 Å². The summed E-state index contributed by atoms with van der Waals surface area (Å²) in [4.78, 5) is 13.6. The molecule has 108 valence electrons. The highest BCUT2D eigenvalue weighted by Gasteiger charge is 2.21. The van der Waals surface area contributed by atoms with Crippen LogP contribution in [0.5, 0.6) is 0 Å². The first-order valence-electron chi connectivity index (χ1n) is 7.48. The minimum absolute atomic E-state index is 0.762. The van der Waals surface area contributed by atoms with Crippen molar-refractivity contribution in [3.05, 3.63) is 73.2 Å². The van der Waals surface area contributed by atoms with Crippen molar-refractivity contribution < 1.29 is 0 Å². The molecule has 0 bridgehead atoms. The van der Waals surface area contributed by atoms with E-state index < -0.39 is 0 Å². The molecule has 5 rings (SSSR count). The van der Waals surface area contributed by atoms with E-state index in [-0.39, 0.29) is 0 Å². The molecule has 4 nitrogen and oxygen atoms in total. The van der Waals surface area contributed by atoms with Crippen LogP contribution in [0, 0.1) is 0 Å². The Labute approximate surface area is 132 Å². The van der Waals surface area contributed by atoms with Gasteiger partial charge in [0.05, 0.1) is 23.0 Å². The Bertz CT molecular complexity index is 1110. The Hall–Kier alpha value is -3.27. The van der Waals surface area contributed by atoms with Crippen molar-refractivity contribution in [2.45, 2.75) is 0 Å². The number of hydrogen-bond donors (Lipinski definition) is 0. The molecular formula is C19H12N4. The Kier molecular flexibility index (Phi) is 2.46. The minimum Gasteiger partial charge on any atom is -0.298 e. The lowest BCUT2D eigenvalue weighted by Crippen LogP contribution is -2.02. The van der Waals surface area contributed by atoms with Crippen LogP contribution in [0.2, 0.25) is 0 Å². The zero-order chi connectivity index (χ0) is 15.2. The fraction of sp³-hybridized carbons (Fsp3) is 0. The van der Waals surface area contributed by atoms with E-state index in [1.54, 1.807) is 12.4 Å². The second kappa shape index (κ2) is 4.61. The summed E-state index contributed by atoms with van der Waals surface area (Å²) in [6.07, 6.45) is 5.50. The van der Waals surface area contributed by atoms with Crippen LogP contribution in [-0.4, -0.2) is 19.4 Å². The van der Waals surface area contributed by atoms with E-state index in [0.29, 0.717) is 0 Å². The van der Waals surface area contributed by atoms with Crippen molar-refractivity contribution in [2.75, 3.05) is 0 Å². The Morgan fingerprint density at radius 2 is 1.65 bits per heavy atom.